The molecule has 2 aromatic rings. The Labute approximate surface area is 145 Å². The number of nitrogens with zero attached hydrogens (tertiary/aromatic N) is 1. The minimum atomic E-state index is -0.763. The molecule has 1 heterocycles. The Hall–Kier alpha value is -2.63. The first kappa shape index (κ1) is 17.2. The van der Waals surface area contributed by atoms with Gasteiger partial charge < -0.3 is 14.4 Å². The zero-order valence-electron chi connectivity index (χ0n) is 14.1. The Morgan fingerprint density at radius 1 is 1.08 bits per heavy atom. The molecule has 1 aliphatic heterocycles. The molecule has 0 aromatic heterocycles. The van der Waals surface area contributed by atoms with Crippen molar-refractivity contribution in [3.63, 3.8) is 0 Å². The van der Waals surface area contributed by atoms with E-state index in [4.69, 9.17) is 9.47 Å². The molecule has 2 aromatic carbocycles. The van der Waals surface area contributed by atoms with E-state index in [-0.39, 0.29) is 11.6 Å². The smallest absolute Gasteiger partial charge is 0.254 e. The monoisotopic (exact) mass is 347 g/mol. The summed E-state index contributed by atoms with van der Waals surface area (Å²) in [6, 6.07) is 8.10. The Balaban J connectivity index is 1.94. The Bertz CT molecular complexity index is 774. The van der Waals surface area contributed by atoms with Gasteiger partial charge in [0, 0.05) is 29.8 Å². The molecule has 1 amide bonds. The van der Waals surface area contributed by atoms with E-state index >= 15 is 0 Å². The first-order valence-electron chi connectivity index (χ1n) is 8.02. The first-order valence-corrected chi connectivity index (χ1v) is 8.02. The van der Waals surface area contributed by atoms with Crippen molar-refractivity contribution in [1.82, 2.24) is 4.90 Å². The summed E-state index contributed by atoms with van der Waals surface area (Å²) < 4.78 is 37.5. The van der Waals surface area contributed by atoms with Crippen LogP contribution >= 0.6 is 0 Å². The third kappa shape index (κ3) is 3.43. The van der Waals surface area contributed by atoms with Crippen LogP contribution in [0.1, 0.15) is 34.8 Å². The molecule has 3 rings (SSSR count). The molecule has 0 radical (unpaired) electrons. The van der Waals surface area contributed by atoms with Crippen molar-refractivity contribution in [3.05, 3.63) is 59.2 Å². The summed E-state index contributed by atoms with van der Waals surface area (Å²) >= 11 is 0. The zero-order chi connectivity index (χ0) is 18.0. The van der Waals surface area contributed by atoms with E-state index in [2.05, 4.69) is 0 Å². The number of ether oxygens (including phenoxy) is 2. The Morgan fingerprint density at radius 3 is 2.44 bits per heavy atom. The number of likely N-dealkylation sites (tertiary alicyclic amines) is 1. The van der Waals surface area contributed by atoms with Crippen LogP contribution in [0.15, 0.2) is 36.4 Å². The van der Waals surface area contributed by atoms with Gasteiger partial charge in [-0.2, -0.15) is 0 Å². The summed E-state index contributed by atoms with van der Waals surface area (Å²) in [5.41, 5.74) is 0.864. The van der Waals surface area contributed by atoms with E-state index in [0.717, 1.165) is 36.6 Å². The molecule has 1 atom stereocenters. The van der Waals surface area contributed by atoms with Gasteiger partial charge in [-0.3, -0.25) is 4.79 Å². The molecule has 6 heteroatoms. The fourth-order valence-electron chi connectivity index (χ4n) is 3.27. The topological polar surface area (TPSA) is 38.8 Å². The van der Waals surface area contributed by atoms with Gasteiger partial charge in [-0.05, 0) is 37.1 Å². The highest BCUT2D eigenvalue weighted by atomic mass is 19.1. The summed E-state index contributed by atoms with van der Waals surface area (Å²) in [4.78, 5) is 14.4. The Morgan fingerprint density at radius 2 is 1.80 bits per heavy atom. The summed E-state index contributed by atoms with van der Waals surface area (Å²) in [5, 5.41) is 0. The van der Waals surface area contributed by atoms with Gasteiger partial charge in [0.25, 0.3) is 5.91 Å². The summed E-state index contributed by atoms with van der Waals surface area (Å²) in [5.74, 6) is -0.640. The van der Waals surface area contributed by atoms with Crippen LogP contribution in [0.2, 0.25) is 0 Å². The number of hydrogen-bond acceptors (Lipinski definition) is 3. The van der Waals surface area contributed by atoms with Crippen molar-refractivity contribution in [1.29, 1.82) is 0 Å². The van der Waals surface area contributed by atoms with Crippen LogP contribution in [0.5, 0.6) is 11.5 Å². The lowest BCUT2D eigenvalue weighted by Crippen LogP contribution is -2.31. The highest BCUT2D eigenvalue weighted by molar-refractivity contribution is 5.94. The second-order valence-electron chi connectivity index (χ2n) is 5.92. The molecule has 25 heavy (non-hydrogen) atoms. The van der Waals surface area contributed by atoms with Gasteiger partial charge in [0.1, 0.15) is 23.1 Å². The summed E-state index contributed by atoms with van der Waals surface area (Å²) in [7, 11) is 3.12. The van der Waals surface area contributed by atoms with Crippen LogP contribution in [-0.2, 0) is 0 Å². The van der Waals surface area contributed by atoms with Crippen LogP contribution in [0.3, 0.4) is 0 Å². The second-order valence-corrected chi connectivity index (χ2v) is 5.92. The third-order valence-electron chi connectivity index (χ3n) is 4.42. The largest absolute Gasteiger partial charge is 0.497 e. The highest BCUT2D eigenvalue weighted by Crippen LogP contribution is 2.39. The van der Waals surface area contributed by atoms with Gasteiger partial charge in [0.15, 0.2) is 0 Å². The van der Waals surface area contributed by atoms with Crippen LogP contribution in [0.4, 0.5) is 8.78 Å². The molecule has 0 aliphatic carbocycles. The van der Waals surface area contributed by atoms with E-state index in [1.807, 2.05) is 6.07 Å². The lowest BCUT2D eigenvalue weighted by Gasteiger charge is -2.26. The maximum atomic E-state index is 13.5. The number of hydrogen-bond donors (Lipinski definition) is 0. The molecule has 1 aliphatic rings. The quantitative estimate of drug-likeness (QED) is 0.840. The van der Waals surface area contributed by atoms with Crippen molar-refractivity contribution >= 4 is 5.91 Å². The lowest BCUT2D eigenvalue weighted by molar-refractivity contribution is 0.0733. The average molecular weight is 347 g/mol. The number of methoxy groups -OCH3 is 2. The minimum Gasteiger partial charge on any atom is -0.497 e. The normalized spacial score (nSPS) is 16.8. The fourth-order valence-corrected chi connectivity index (χ4v) is 3.27. The predicted octanol–water partition coefficient (Wildman–Crippen LogP) is 3.96. The van der Waals surface area contributed by atoms with E-state index in [9.17, 15) is 13.6 Å². The van der Waals surface area contributed by atoms with Gasteiger partial charge in [-0.15, -0.1) is 0 Å². The number of carbonyl (C=O) groups is 1. The van der Waals surface area contributed by atoms with Crippen molar-refractivity contribution in [2.75, 3.05) is 20.8 Å². The number of amides is 1. The van der Waals surface area contributed by atoms with Crippen LogP contribution in [0.25, 0.3) is 0 Å². The number of benzene rings is 2. The van der Waals surface area contributed by atoms with E-state index in [0.29, 0.717) is 18.0 Å². The van der Waals surface area contributed by atoms with Crippen LogP contribution < -0.4 is 9.47 Å². The molecule has 132 valence electrons. The standard InChI is InChI=1S/C19H19F2NO3/c1-24-15-5-6-16(18(11-15)25-2)17-4-3-7-22(17)19(23)12-8-13(20)10-14(21)9-12/h5-6,8-11,17H,3-4,7H2,1-2H3. The van der Waals surface area contributed by atoms with Crippen molar-refractivity contribution < 1.29 is 23.0 Å². The molecule has 0 bridgehead atoms. The predicted molar refractivity (Wildman–Crippen MR) is 88.9 cm³/mol. The van der Waals surface area contributed by atoms with Gasteiger partial charge in [-0.1, -0.05) is 0 Å². The van der Waals surface area contributed by atoms with Crippen LogP contribution in [0, 0.1) is 11.6 Å². The molecular weight excluding hydrogens is 328 g/mol. The molecule has 1 unspecified atom stereocenters. The third-order valence-corrected chi connectivity index (χ3v) is 4.42. The van der Waals surface area contributed by atoms with Crippen molar-refractivity contribution in [2.45, 2.75) is 18.9 Å². The Kier molecular flexibility index (Phi) is 4.88. The maximum absolute atomic E-state index is 13.5. The summed E-state index contributed by atoms with van der Waals surface area (Å²) in [6.45, 7) is 0.525. The van der Waals surface area contributed by atoms with E-state index in [1.54, 1.807) is 31.3 Å². The first-order chi connectivity index (χ1) is 12.0. The molecule has 4 nitrogen and oxygen atoms in total. The fraction of sp³-hybridized carbons (Fsp3) is 0.316. The van der Waals surface area contributed by atoms with E-state index in [1.165, 1.54) is 0 Å². The maximum Gasteiger partial charge on any atom is 0.254 e. The van der Waals surface area contributed by atoms with Gasteiger partial charge in [-0.25, -0.2) is 8.78 Å². The van der Waals surface area contributed by atoms with Crippen molar-refractivity contribution in [3.8, 4) is 11.5 Å². The van der Waals surface area contributed by atoms with Crippen LogP contribution in [-0.4, -0.2) is 31.6 Å². The average Bonchev–Trinajstić information content (AvgIpc) is 3.09. The minimum absolute atomic E-state index is 0.0110. The number of rotatable bonds is 4. The molecular formula is C19H19F2NO3. The molecule has 1 fully saturated rings. The molecule has 0 spiro atoms. The zero-order valence-corrected chi connectivity index (χ0v) is 14.1. The number of halogens is 2. The van der Waals surface area contributed by atoms with Crippen molar-refractivity contribution in [2.24, 2.45) is 0 Å². The van der Waals surface area contributed by atoms with Gasteiger partial charge in [0.2, 0.25) is 0 Å². The lowest BCUT2D eigenvalue weighted by atomic mass is 10.0. The molecule has 0 saturated carbocycles. The highest BCUT2D eigenvalue weighted by Gasteiger charge is 2.32. The SMILES string of the molecule is COc1ccc(C2CCCN2C(=O)c2cc(F)cc(F)c2)c(OC)c1. The second kappa shape index (κ2) is 7.09. The molecule has 1 saturated heterocycles. The van der Waals surface area contributed by atoms with Gasteiger partial charge in [0.05, 0.1) is 20.3 Å². The van der Waals surface area contributed by atoms with Gasteiger partial charge >= 0.3 is 0 Å². The molecule has 0 N–H and O–H groups in total. The summed E-state index contributed by atoms with van der Waals surface area (Å²) in [6.07, 6.45) is 1.57. The number of carbonyl (C=O) groups excluding carboxylic acids is 1. The van der Waals surface area contributed by atoms with E-state index < -0.39 is 17.5 Å².